The molecule has 2 heterocycles. The monoisotopic (exact) mass is 863 g/mol. The first kappa shape index (κ1) is 47.2. The SMILES string of the molecule is COc1cc2c(cc1OC)C(Cc1cc(C)c(OC)c(OC)c1)[N+](C)(CCCOC(=O)/C=C/C(=O)OCCC[N+]1(C)CCc3cc(C)c(C)cc3C1Cc1ccc(C)c(C)c1)CC2. The maximum absolute atomic E-state index is 12.8. The maximum atomic E-state index is 12.8. The van der Waals surface area contributed by atoms with Gasteiger partial charge in [-0.25, -0.2) is 9.59 Å². The molecule has 0 aliphatic carbocycles. The number of esters is 2. The molecule has 0 saturated carbocycles. The largest absolute Gasteiger partial charge is 0.493 e. The molecule has 63 heavy (non-hydrogen) atoms. The molecule has 10 heteroatoms. The zero-order valence-electron chi connectivity index (χ0n) is 39.7. The van der Waals surface area contributed by atoms with Crippen LogP contribution in [0.15, 0.2) is 66.7 Å². The molecule has 0 radical (unpaired) electrons. The molecule has 0 bridgehead atoms. The summed E-state index contributed by atoms with van der Waals surface area (Å²) in [6.07, 6.45) is 7.33. The lowest BCUT2D eigenvalue weighted by atomic mass is 9.84. The van der Waals surface area contributed by atoms with Crippen LogP contribution in [0.5, 0.6) is 23.0 Å². The summed E-state index contributed by atoms with van der Waals surface area (Å²) >= 11 is 0. The second kappa shape index (κ2) is 20.5. The van der Waals surface area contributed by atoms with E-state index in [0.717, 1.165) is 89.9 Å². The Morgan fingerprint density at radius 3 is 1.60 bits per heavy atom. The number of rotatable bonds is 18. The van der Waals surface area contributed by atoms with Gasteiger partial charge in [-0.05, 0) is 109 Å². The normalized spacial score (nSPS) is 20.4. The van der Waals surface area contributed by atoms with Gasteiger partial charge >= 0.3 is 11.9 Å². The molecular formula is C53H70N2O8+2. The van der Waals surface area contributed by atoms with Crippen LogP contribution in [-0.2, 0) is 44.7 Å². The molecule has 0 spiro atoms. The second-order valence-electron chi connectivity index (χ2n) is 18.3. The first-order valence-electron chi connectivity index (χ1n) is 22.4. The van der Waals surface area contributed by atoms with E-state index in [-0.39, 0.29) is 19.3 Å². The smallest absolute Gasteiger partial charge is 0.331 e. The van der Waals surface area contributed by atoms with Gasteiger partial charge in [0.1, 0.15) is 12.1 Å². The third kappa shape index (κ3) is 10.9. The van der Waals surface area contributed by atoms with Crippen LogP contribution < -0.4 is 18.9 Å². The van der Waals surface area contributed by atoms with E-state index in [9.17, 15) is 9.59 Å². The average Bonchev–Trinajstić information content (AvgIpc) is 3.26. The number of likely N-dealkylation sites (N-methyl/N-ethyl adjacent to an activating group) is 2. The van der Waals surface area contributed by atoms with Crippen LogP contribution in [0.1, 0.15) is 86.1 Å². The van der Waals surface area contributed by atoms with Gasteiger partial charge in [0.2, 0.25) is 0 Å². The minimum atomic E-state index is -0.558. The molecule has 2 aliphatic rings. The van der Waals surface area contributed by atoms with Crippen LogP contribution in [0.3, 0.4) is 0 Å². The molecule has 4 atom stereocenters. The second-order valence-corrected chi connectivity index (χ2v) is 18.3. The Bertz CT molecular complexity index is 2320. The minimum Gasteiger partial charge on any atom is -0.493 e. The fourth-order valence-corrected chi connectivity index (χ4v) is 9.97. The Hall–Kier alpha value is -5.32. The van der Waals surface area contributed by atoms with Gasteiger partial charge in [0.15, 0.2) is 23.0 Å². The zero-order valence-corrected chi connectivity index (χ0v) is 39.7. The molecular weight excluding hydrogens is 793 g/mol. The lowest BCUT2D eigenvalue weighted by Gasteiger charge is -2.46. The van der Waals surface area contributed by atoms with Crippen molar-refractivity contribution in [3.05, 3.63) is 128 Å². The van der Waals surface area contributed by atoms with Crippen LogP contribution >= 0.6 is 0 Å². The van der Waals surface area contributed by atoms with Crippen molar-refractivity contribution in [1.29, 1.82) is 0 Å². The number of hydrogen-bond donors (Lipinski definition) is 0. The first-order valence-corrected chi connectivity index (χ1v) is 22.4. The first-order chi connectivity index (χ1) is 30.1. The van der Waals surface area contributed by atoms with Crippen LogP contribution in [0, 0.1) is 34.6 Å². The van der Waals surface area contributed by atoms with E-state index >= 15 is 0 Å². The molecule has 4 unspecified atom stereocenters. The van der Waals surface area contributed by atoms with Gasteiger partial charge in [-0.2, -0.15) is 0 Å². The van der Waals surface area contributed by atoms with Crippen LogP contribution in [0.2, 0.25) is 0 Å². The predicted molar refractivity (Wildman–Crippen MR) is 248 cm³/mol. The summed E-state index contributed by atoms with van der Waals surface area (Å²) in [7, 11) is 11.3. The van der Waals surface area contributed by atoms with Crippen molar-refractivity contribution in [3.63, 3.8) is 0 Å². The summed E-state index contributed by atoms with van der Waals surface area (Å²) in [6, 6.07) is 20.4. The fraction of sp³-hybridized carbons (Fsp3) is 0.472. The fourth-order valence-electron chi connectivity index (χ4n) is 9.97. The van der Waals surface area contributed by atoms with E-state index < -0.39 is 11.9 Å². The molecule has 0 aromatic heterocycles. The third-order valence-electron chi connectivity index (χ3n) is 14.0. The van der Waals surface area contributed by atoms with Crippen molar-refractivity contribution in [2.45, 2.75) is 85.2 Å². The highest BCUT2D eigenvalue weighted by Gasteiger charge is 2.41. The number of methoxy groups -OCH3 is 4. The molecule has 4 aromatic carbocycles. The van der Waals surface area contributed by atoms with Gasteiger partial charge < -0.3 is 37.4 Å². The molecule has 0 amide bonds. The standard InChI is InChI=1S/C53H70N2O8/c1-35-14-15-40(26-36(35)2)30-46-44-29-38(4)37(3)28-42(44)18-22-54(46,6)20-12-24-62-51(56)16-17-52(57)63-25-13-21-55(7)23-19-43-33-48(58-8)49(59-9)34-45(43)47(55)31-41-27-39(5)53(61-11)50(32-41)60-10/h14-17,26-29,32-34,46-47H,12-13,18-25,30-31H2,1-11H3/q+2/b17-16+. The topological polar surface area (TPSA) is 89.5 Å². The van der Waals surface area contributed by atoms with Crippen LogP contribution in [0.4, 0.5) is 0 Å². The van der Waals surface area contributed by atoms with Crippen molar-refractivity contribution in [2.24, 2.45) is 0 Å². The molecule has 10 nitrogen and oxygen atoms in total. The lowest BCUT2D eigenvalue weighted by molar-refractivity contribution is -0.941. The van der Waals surface area contributed by atoms with Crippen molar-refractivity contribution >= 4 is 11.9 Å². The summed E-state index contributed by atoms with van der Waals surface area (Å²) in [4.78, 5) is 25.6. The minimum absolute atomic E-state index is 0.0866. The Balaban J connectivity index is 1.03. The highest BCUT2D eigenvalue weighted by atomic mass is 16.5. The summed E-state index contributed by atoms with van der Waals surface area (Å²) < 4.78 is 35.6. The van der Waals surface area contributed by atoms with E-state index in [1.807, 2.05) is 6.92 Å². The molecule has 0 N–H and O–H groups in total. The van der Waals surface area contributed by atoms with Gasteiger partial charge in [0.25, 0.3) is 0 Å². The molecule has 2 aliphatic heterocycles. The summed E-state index contributed by atoms with van der Waals surface area (Å²) in [5.74, 6) is 1.76. The summed E-state index contributed by atoms with van der Waals surface area (Å²) in [5, 5.41) is 0. The number of carbonyl (C=O) groups is 2. The molecule has 4 aromatic rings. The Morgan fingerprint density at radius 2 is 1.05 bits per heavy atom. The van der Waals surface area contributed by atoms with Crippen LogP contribution in [-0.4, -0.2) is 103 Å². The zero-order chi connectivity index (χ0) is 45.5. The van der Waals surface area contributed by atoms with Crippen molar-refractivity contribution in [3.8, 4) is 23.0 Å². The maximum Gasteiger partial charge on any atom is 0.331 e. The van der Waals surface area contributed by atoms with Gasteiger partial charge in [-0.1, -0.05) is 30.3 Å². The number of ether oxygens (including phenoxy) is 6. The summed E-state index contributed by atoms with van der Waals surface area (Å²) in [5.41, 5.74) is 14.1. The number of benzene rings is 4. The van der Waals surface area contributed by atoms with E-state index in [0.29, 0.717) is 24.0 Å². The number of hydrogen-bond acceptors (Lipinski definition) is 8. The Kier molecular flexibility index (Phi) is 15.3. The summed E-state index contributed by atoms with van der Waals surface area (Å²) in [6.45, 7) is 14.9. The van der Waals surface area contributed by atoms with Gasteiger partial charge in [0, 0.05) is 61.8 Å². The van der Waals surface area contributed by atoms with E-state index in [1.165, 1.54) is 62.2 Å². The molecule has 0 fully saturated rings. The van der Waals surface area contributed by atoms with Crippen molar-refractivity contribution in [2.75, 3.05) is 81.9 Å². The van der Waals surface area contributed by atoms with Gasteiger partial charge in [-0.3, -0.25) is 0 Å². The van der Waals surface area contributed by atoms with Gasteiger partial charge in [-0.15, -0.1) is 0 Å². The van der Waals surface area contributed by atoms with E-state index in [1.54, 1.807) is 28.4 Å². The molecule has 338 valence electrons. The van der Waals surface area contributed by atoms with Crippen LogP contribution in [0.25, 0.3) is 0 Å². The lowest BCUT2D eigenvalue weighted by Crippen LogP contribution is -2.52. The number of fused-ring (bicyclic) bond motifs is 2. The molecule has 6 rings (SSSR count). The number of quaternary nitrogens is 2. The predicted octanol–water partition coefficient (Wildman–Crippen LogP) is 8.96. The quantitative estimate of drug-likeness (QED) is 0.0424. The Morgan fingerprint density at radius 1 is 0.556 bits per heavy atom. The highest BCUT2D eigenvalue weighted by molar-refractivity contribution is 5.91. The number of aryl methyl sites for hydroxylation is 5. The number of carbonyl (C=O) groups excluding carboxylic acids is 2. The van der Waals surface area contributed by atoms with Crippen molar-refractivity contribution in [1.82, 2.24) is 0 Å². The average molecular weight is 863 g/mol. The van der Waals surface area contributed by atoms with E-state index in [4.69, 9.17) is 28.4 Å². The number of nitrogens with zero attached hydrogens (tertiary/aromatic N) is 2. The Labute approximate surface area is 375 Å². The van der Waals surface area contributed by atoms with Gasteiger partial charge in [0.05, 0.1) is 81.9 Å². The highest BCUT2D eigenvalue weighted by Crippen LogP contribution is 2.44. The van der Waals surface area contributed by atoms with E-state index in [2.05, 4.69) is 96.4 Å². The third-order valence-corrected chi connectivity index (χ3v) is 14.0. The molecule has 0 saturated heterocycles. The van der Waals surface area contributed by atoms with Crippen molar-refractivity contribution < 1.29 is 47.0 Å².